The van der Waals surface area contributed by atoms with Gasteiger partial charge in [0.2, 0.25) is 0 Å². The zero-order valence-electron chi connectivity index (χ0n) is 8.88. The highest BCUT2D eigenvalue weighted by molar-refractivity contribution is 5.06. The molecule has 2 nitrogen and oxygen atoms in total. The molecular formula is C11H20O2. The van der Waals surface area contributed by atoms with E-state index in [2.05, 4.69) is 19.9 Å². The van der Waals surface area contributed by atoms with Crippen LogP contribution in [-0.4, -0.2) is 19.0 Å². The van der Waals surface area contributed by atoms with Crippen LogP contribution in [0, 0.1) is 0 Å². The van der Waals surface area contributed by atoms with E-state index >= 15 is 0 Å². The van der Waals surface area contributed by atoms with Gasteiger partial charge in [0.15, 0.2) is 6.29 Å². The third-order valence-corrected chi connectivity index (χ3v) is 2.24. The lowest BCUT2D eigenvalue weighted by molar-refractivity contribution is -0.0271. The van der Waals surface area contributed by atoms with E-state index in [1.165, 1.54) is 12.0 Å². The molecule has 0 aromatic heterocycles. The first kappa shape index (κ1) is 10.7. The number of rotatable bonds is 4. The summed E-state index contributed by atoms with van der Waals surface area (Å²) in [5.41, 5.74) is 1.30. The van der Waals surface area contributed by atoms with Crippen LogP contribution in [0.5, 0.6) is 0 Å². The maximum absolute atomic E-state index is 5.62. The Morgan fingerprint density at radius 1 is 1.46 bits per heavy atom. The van der Waals surface area contributed by atoms with Crippen molar-refractivity contribution >= 4 is 0 Å². The number of hydrogen-bond donors (Lipinski definition) is 0. The number of unbranched alkanes of at least 4 members (excludes halogenated alkanes) is 1. The molecule has 0 amide bonds. The number of allylic oxidation sites excluding steroid dienone is 1. The topological polar surface area (TPSA) is 18.5 Å². The highest BCUT2D eigenvalue weighted by Crippen LogP contribution is 2.21. The molecule has 0 saturated carbocycles. The number of ether oxygens (including phenoxy) is 2. The van der Waals surface area contributed by atoms with Gasteiger partial charge in [0.25, 0.3) is 0 Å². The van der Waals surface area contributed by atoms with Crippen LogP contribution in [0.3, 0.4) is 0 Å². The van der Waals surface area contributed by atoms with Crippen molar-refractivity contribution in [1.82, 2.24) is 0 Å². The summed E-state index contributed by atoms with van der Waals surface area (Å²) in [5.74, 6) is 0. The normalized spacial score (nSPS) is 29.6. The van der Waals surface area contributed by atoms with Crippen LogP contribution in [0.2, 0.25) is 0 Å². The molecule has 1 heterocycles. The molecular weight excluding hydrogens is 164 g/mol. The molecule has 1 aliphatic heterocycles. The summed E-state index contributed by atoms with van der Waals surface area (Å²) >= 11 is 0. The van der Waals surface area contributed by atoms with Crippen molar-refractivity contribution in [1.29, 1.82) is 0 Å². The molecule has 0 aromatic rings. The van der Waals surface area contributed by atoms with Gasteiger partial charge in [-0.2, -0.15) is 0 Å². The summed E-state index contributed by atoms with van der Waals surface area (Å²) in [7, 11) is 0. The molecule has 1 rings (SSSR count). The van der Waals surface area contributed by atoms with Gasteiger partial charge in [0.1, 0.15) is 0 Å². The molecule has 76 valence electrons. The minimum atomic E-state index is -0.0634. The average Bonchev–Trinajstić information content (AvgIpc) is 2.54. The van der Waals surface area contributed by atoms with Gasteiger partial charge >= 0.3 is 0 Å². The summed E-state index contributed by atoms with van der Waals surface area (Å²) in [6.45, 7) is 7.11. The Balaban J connectivity index is 2.46. The van der Waals surface area contributed by atoms with E-state index in [9.17, 15) is 0 Å². The maximum atomic E-state index is 5.62. The fourth-order valence-electron chi connectivity index (χ4n) is 1.44. The third-order valence-electron chi connectivity index (χ3n) is 2.24. The largest absolute Gasteiger partial charge is 0.346 e. The Labute approximate surface area is 80.9 Å². The summed E-state index contributed by atoms with van der Waals surface area (Å²) in [6, 6.07) is 0. The van der Waals surface area contributed by atoms with E-state index in [1.807, 2.05) is 6.92 Å². The SMILES string of the molecule is CCC/C=C(/CC)C1OCC(C)O1. The second-order valence-corrected chi connectivity index (χ2v) is 3.53. The molecule has 0 aliphatic carbocycles. The van der Waals surface area contributed by atoms with Crippen LogP contribution in [0.25, 0.3) is 0 Å². The molecule has 2 heteroatoms. The van der Waals surface area contributed by atoms with E-state index in [0.717, 1.165) is 19.4 Å². The Hall–Kier alpha value is -0.340. The smallest absolute Gasteiger partial charge is 0.180 e. The predicted octanol–water partition coefficient (Wildman–Crippen LogP) is 2.88. The molecule has 1 saturated heterocycles. The molecule has 0 aromatic carbocycles. The summed E-state index contributed by atoms with van der Waals surface area (Å²) in [4.78, 5) is 0. The van der Waals surface area contributed by atoms with Gasteiger partial charge in [0.05, 0.1) is 12.7 Å². The summed E-state index contributed by atoms with van der Waals surface area (Å²) in [6.07, 6.45) is 5.78. The Bertz CT molecular complexity index is 175. The minimum Gasteiger partial charge on any atom is -0.346 e. The lowest BCUT2D eigenvalue weighted by atomic mass is 10.1. The van der Waals surface area contributed by atoms with E-state index in [-0.39, 0.29) is 12.4 Å². The average molecular weight is 184 g/mol. The first-order valence-electron chi connectivity index (χ1n) is 5.23. The van der Waals surface area contributed by atoms with Crippen molar-refractivity contribution in [3.63, 3.8) is 0 Å². The standard InChI is InChI=1S/C11H20O2/c1-4-6-7-10(5-2)11-12-8-9(3)13-11/h7,9,11H,4-6,8H2,1-3H3/b10-7-. The Kier molecular flexibility index (Phi) is 4.46. The lowest BCUT2D eigenvalue weighted by Crippen LogP contribution is -2.12. The first-order chi connectivity index (χ1) is 6.27. The van der Waals surface area contributed by atoms with Crippen molar-refractivity contribution in [2.75, 3.05) is 6.61 Å². The van der Waals surface area contributed by atoms with Gasteiger partial charge in [-0.3, -0.25) is 0 Å². The molecule has 1 aliphatic rings. The van der Waals surface area contributed by atoms with E-state index < -0.39 is 0 Å². The maximum Gasteiger partial charge on any atom is 0.180 e. The zero-order chi connectivity index (χ0) is 9.68. The van der Waals surface area contributed by atoms with Crippen LogP contribution < -0.4 is 0 Å². The molecule has 0 bridgehead atoms. The molecule has 2 atom stereocenters. The Morgan fingerprint density at radius 2 is 2.23 bits per heavy atom. The molecule has 1 fully saturated rings. The van der Waals surface area contributed by atoms with E-state index in [4.69, 9.17) is 9.47 Å². The van der Waals surface area contributed by atoms with Gasteiger partial charge in [-0.05, 0) is 25.3 Å². The third kappa shape index (κ3) is 3.12. The van der Waals surface area contributed by atoms with Crippen molar-refractivity contribution < 1.29 is 9.47 Å². The van der Waals surface area contributed by atoms with Crippen LogP contribution in [0.15, 0.2) is 11.6 Å². The summed E-state index contributed by atoms with van der Waals surface area (Å²) < 4.78 is 11.1. The first-order valence-corrected chi connectivity index (χ1v) is 5.23. The predicted molar refractivity (Wildman–Crippen MR) is 53.6 cm³/mol. The second-order valence-electron chi connectivity index (χ2n) is 3.53. The Morgan fingerprint density at radius 3 is 2.69 bits per heavy atom. The molecule has 0 spiro atoms. The van der Waals surface area contributed by atoms with E-state index in [0.29, 0.717) is 0 Å². The van der Waals surface area contributed by atoms with Gasteiger partial charge in [-0.1, -0.05) is 26.3 Å². The fraction of sp³-hybridized carbons (Fsp3) is 0.818. The molecule has 13 heavy (non-hydrogen) atoms. The van der Waals surface area contributed by atoms with Crippen LogP contribution in [-0.2, 0) is 9.47 Å². The highest BCUT2D eigenvalue weighted by Gasteiger charge is 2.24. The fourth-order valence-corrected chi connectivity index (χ4v) is 1.44. The van der Waals surface area contributed by atoms with Crippen LogP contribution in [0.4, 0.5) is 0 Å². The monoisotopic (exact) mass is 184 g/mol. The highest BCUT2D eigenvalue weighted by atomic mass is 16.7. The van der Waals surface area contributed by atoms with Gasteiger partial charge in [-0.15, -0.1) is 0 Å². The number of hydrogen-bond acceptors (Lipinski definition) is 2. The minimum absolute atomic E-state index is 0.0634. The van der Waals surface area contributed by atoms with Crippen molar-refractivity contribution in [3.8, 4) is 0 Å². The van der Waals surface area contributed by atoms with Crippen LogP contribution >= 0.6 is 0 Å². The quantitative estimate of drug-likeness (QED) is 0.625. The lowest BCUT2D eigenvalue weighted by Gasteiger charge is -2.12. The molecule has 0 radical (unpaired) electrons. The zero-order valence-corrected chi connectivity index (χ0v) is 8.88. The summed E-state index contributed by atoms with van der Waals surface area (Å²) in [5, 5.41) is 0. The van der Waals surface area contributed by atoms with Crippen LogP contribution in [0.1, 0.15) is 40.0 Å². The van der Waals surface area contributed by atoms with E-state index in [1.54, 1.807) is 0 Å². The van der Waals surface area contributed by atoms with Gasteiger partial charge in [0, 0.05) is 0 Å². The van der Waals surface area contributed by atoms with Gasteiger partial charge in [-0.25, -0.2) is 0 Å². The van der Waals surface area contributed by atoms with Crippen molar-refractivity contribution in [3.05, 3.63) is 11.6 Å². The van der Waals surface area contributed by atoms with Crippen molar-refractivity contribution in [2.24, 2.45) is 0 Å². The van der Waals surface area contributed by atoms with Gasteiger partial charge < -0.3 is 9.47 Å². The molecule has 0 N–H and O–H groups in total. The molecule has 2 unspecified atom stereocenters. The second kappa shape index (κ2) is 5.40. The van der Waals surface area contributed by atoms with Crippen molar-refractivity contribution in [2.45, 2.75) is 52.4 Å².